The van der Waals surface area contributed by atoms with Crippen LogP contribution in [0.3, 0.4) is 0 Å². The lowest BCUT2D eigenvalue weighted by Crippen LogP contribution is -2.26. The van der Waals surface area contributed by atoms with Crippen molar-refractivity contribution in [3.05, 3.63) is 29.8 Å². The molecule has 1 amide bonds. The number of carbonyl (C=O) groups is 1. The van der Waals surface area contributed by atoms with Crippen LogP contribution in [0.2, 0.25) is 0 Å². The summed E-state index contributed by atoms with van der Waals surface area (Å²) in [4.78, 5) is 16.1. The Balaban J connectivity index is 1.81. The number of ether oxygens (including phenoxy) is 1. The number of hydrogen-bond donors (Lipinski definition) is 2. The number of methoxy groups -OCH3 is 1. The minimum atomic E-state index is -0.0234. The van der Waals surface area contributed by atoms with Gasteiger partial charge < -0.3 is 10.1 Å². The molecule has 0 unspecified atom stereocenters. The van der Waals surface area contributed by atoms with Crippen molar-refractivity contribution in [2.24, 2.45) is 0 Å². The van der Waals surface area contributed by atoms with Crippen LogP contribution < -0.4 is 5.32 Å². The molecule has 0 fully saturated rings. The van der Waals surface area contributed by atoms with Crippen LogP contribution >= 0.6 is 11.8 Å². The van der Waals surface area contributed by atoms with Crippen LogP contribution in [0.4, 0.5) is 0 Å². The Hall–Kier alpha value is -1.86. The van der Waals surface area contributed by atoms with Crippen LogP contribution in [0.15, 0.2) is 29.4 Å². The summed E-state index contributed by atoms with van der Waals surface area (Å²) in [6.07, 6.45) is 1.82. The van der Waals surface area contributed by atoms with E-state index < -0.39 is 0 Å². The molecule has 2 N–H and O–H groups in total. The van der Waals surface area contributed by atoms with Gasteiger partial charge in [-0.1, -0.05) is 43.0 Å². The van der Waals surface area contributed by atoms with E-state index in [0.717, 1.165) is 24.2 Å². The van der Waals surface area contributed by atoms with E-state index in [9.17, 15) is 4.79 Å². The predicted octanol–water partition coefficient (Wildman–Crippen LogP) is 2.28. The number of thioether (sulfide) groups is 1. The number of nitrogens with zero attached hydrogens (tertiary/aromatic N) is 2. The molecule has 2 rings (SSSR count). The first-order valence-corrected chi connectivity index (χ1v) is 8.61. The molecule has 6 nitrogen and oxygen atoms in total. The van der Waals surface area contributed by atoms with Gasteiger partial charge in [-0.15, -0.1) is 5.10 Å². The maximum absolute atomic E-state index is 11.7. The molecule has 0 saturated heterocycles. The Morgan fingerprint density at radius 1 is 1.35 bits per heavy atom. The molecule has 1 aromatic heterocycles. The summed E-state index contributed by atoms with van der Waals surface area (Å²) in [5.41, 5.74) is 2.28. The van der Waals surface area contributed by atoms with Gasteiger partial charge in [-0.05, 0) is 18.4 Å². The van der Waals surface area contributed by atoms with E-state index in [4.69, 9.17) is 4.74 Å². The Labute approximate surface area is 140 Å². The van der Waals surface area contributed by atoms with Crippen LogP contribution in [0.1, 0.15) is 18.9 Å². The molecule has 0 aliphatic rings. The summed E-state index contributed by atoms with van der Waals surface area (Å²) < 4.78 is 4.93. The van der Waals surface area contributed by atoms with Crippen molar-refractivity contribution < 1.29 is 9.53 Å². The van der Waals surface area contributed by atoms with Crippen LogP contribution in [0.5, 0.6) is 0 Å². The first-order chi connectivity index (χ1) is 11.2. The topological polar surface area (TPSA) is 79.9 Å². The third kappa shape index (κ3) is 5.69. The lowest BCUT2D eigenvalue weighted by molar-refractivity contribution is -0.118. The molecule has 124 valence electrons. The van der Waals surface area contributed by atoms with Gasteiger partial charge in [0.05, 0.1) is 5.75 Å². The zero-order chi connectivity index (χ0) is 16.5. The monoisotopic (exact) mass is 334 g/mol. The van der Waals surface area contributed by atoms with Crippen molar-refractivity contribution in [1.29, 1.82) is 0 Å². The van der Waals surface area contributed by atoms with Gasteiger partial charge in [-0.3, -0.25) is 9.89 Å². The third-order valence-electron chi connectivity index (χ3n) is 3.28. The van der Waals surface area contributed by atoms with Gasteiger partial charge in [-0.25, -0.2) is 4.98 Å². The number of aromatic amines is 1. The second-order valence-corrected chi connectivity index (χ2v) is 5.94. The average Bonchev–Trinajstić information content (AvgIpc) is 3.06. The highest BCUT2D eigenvalue weighted by Crippen LogP contribution is 2.19. The molecule has 23 heavy (non-hydrogen) atoms. The molecule has 7 heteroatoms. The normalized spacial score (nSPS) is 10.7. The molecule has 0 saturated carbocycles. The van der Waals surface area contributed by atoms with E-state index >= 15 is 0 Å². The number of nitrogens with one attached hydrogen (secondary N) is 2. The van der Waals surface area contributed by atoms with Crippen molar-refractivity contribution in [1.82, 2.24) is 20.5 Å². The minimum Gasteiger partial charge on any atom is -0.385 e. The van der Waals surface area contributed by atoms with E-state index in [0.29, 0.717) is 24.1 Å². The van der Waals surface area contributed by atoms with E-state index in [-0.39, 0.29) is 5.91 Å². The van der Waals surface area contributed by atoms with Crippen LogP contribution in [0, 0.1) is 0 Å². The second-order valence-electron chi connectivity index (χ2n) is 5.00. The average molecular weight is 334 g/mol. The summed E-state index contributed by atoms with van der Waals surface area (Å²) in [7, 11) is 1.65. The first-order valence-electron chi connectivity index (χ1n) is 7.63. The number of aryl methyl sites for hydroxylation is 1. The van der Waals surface area contributed by atoms with Crippen molar-refractivity contribution in [2.45, 2.75) is 24.9 Å². The highest BCUT2D eigenvalue weighted by molar-refractivity contribution is 7.99. The first kappa shape index (κ1) is 17.5. The van der Waals surface area contributed by atoms with Gasteiger partial charge in [-0.2, -0.15) is 0 Å². The van der Waals surface area contributed by atoms with Gasteiger partial charge in [0.1, 0.15) is 0 Å². The fourth-order valence-electron chi connectivity index (χ4n) is 1.96. The fraction of sp³-hybridized carbons (Fsp3) is 0.438. The molecule has 0 aliphatic heterocycles. The molecular weight excluding hydrogens is 312 g/mol. The van der Waals surface area contributed by atoms with Crippen molar-refractivity contribution in [2.75, 3.05) is 26.0 Å². The summed E-state index contributed by atoms with van der Waals surface area (Å²) in [6.45, 7) is 3.39. The fourth-order valence-corrected chi connectivity index (χ4v) is 2.59. The standard InChI is InChI=1S/C16H22N4O2S/c1-3-12-5-7-13(8-6-12)15-18-16(20-19-15)23-11-14(21)17-9-4-10-22-2/h5-8H,3-4,9-11H2,1-2H3,(H,17,21)(H,18,19,20). The van der Waals surface area contributed by atoms with Gasteiger partial charge in [0.25, 0.3) is 0 Å². The highest BCUT2D eigenvalue weighted by atomic mass is 32.2. The number of H-pyrrole nitrogens is 1. The van der Waals surface area contributed by atoms with Gasteiger partial charge in [0.2, 0.25) is 11.1 Å². The summed E-state index contributed by atoms with van der Waals surface area (Å²) >= 11 is 1.32. The Bertz CT molecular complexity index is 613. The quantitative estimate of drug-likeness (QED) is 0.543. The summed E-state index contributed by atoms with van der Waals surface area (Å²) in [6, 6.07) is 8.21. The maximum atomic E-state index is 11.7. The largest absolute Gasteiger partial charge is 0.385 e. The van der Waals surface area contributed by atoms with Crippen LogP contribution in [-0.4, -0.2) is 47.1 Å². The van der Waals surface area contributed by atoms with Crippen LogP contribution in [-0.2, 0) is 16.0 Å². The molecule has 0 radical (unpaired) electrons. The summed E-state index contributed by atoms with van der Waals surface area (Å²) in [5, 5.41) is 10.5. The van der Waals surface area contributed by atoms with Gasteiger partial charge >= 0.3 is 0 Å². The molecule has 0 atom stereocenters. The van der Waals surface area contributed by atoms with E-state index in [1.807, 2.05) is 12.1 Å². The third-order valence-corrected chi connectivity index (χ3v) is 4.13. The maximum Gasteiger partial charge on any atom is 0.230 e. The minimum absolute atomic E-state index is 0.0234. The number of benzene rings is 1. The molecule has 1 heterocycles. The Kier molecular flexibility index (Phi) is 7.09. The zero-order valence-corrected chi connectivity index (χ0v) is 14.3. The number of carbonyl (C=O) groups excluding carboxylic acids is 1. The van der Waals surface area contributed by atoms with Crippen molar-refractivity contribution >= 4 is 17.7 Å². The zero-order valence-electron chi connectivity index (χ0n) is 13.5. The van der Waals surface area contributed by atoms with Crippen LogP contribution in [0.25, 0.3) is 11.4 Å². The van der Waals surface area contributed by atoms with Gasteiger partial charge in [0.15, 0.2) is 5.82 Å². The number of amides is 1. The summed E-state index contributed by atoms with van der Waals surface area (Å²) in [5.74, 6) is 0.999. The molecule has 2 aromatic rings. The lowest BCUT2D eigenvalue weighted by Gasteiger charge is -2.03. The SMILES string of the molecule is CCc1ccc(-c2nc(SCC(=O)NCCCOC)n[nH]2)cc1. The number of hydrogen-bond acceptors (Lipinski definition) is 5. The lowest BCUT2D eigenvalue weighted by atomic mass is 10.1. The van der Waals surface area contributed by atoms with E-state index in [1.54, 1.807) is 7.11 Å². The molecule has 0 bridgehead atoms. The smallest absolute Gasteiger partial charge is 0.230 e. The van der Waals surface area contributed by atoms with Gasteiger partial charge in [0, 0.05) is 25.8 Å². The Morgan fingerprint density at radius 3 is 2.83 bits per heavy atom. The second kappa shape index (κ2) is 9.32. The Morgan fingerprint density at radius 2 is 2.13 bits per heavy atom. The predicted molar refractivity (Wildman–Crippen MR) is 91.4 cm³/mol. The molecule has 1 aromatic carbocycles. The molecular formula is C16H22N4O2S. The highest BCUT2D eigenvalue weighted by Gasteiger charge is 2.08. The van der Waals surface area contributed by atoms with E-state index in [1.165, 1.54) is 17.3 Å². The molecule has 0 spiro atoms. The van der Waals surface area contributed by atoms with E-state index in [2.05, 4.69) is 39.6 Å². The van der Waals surface area contributed by atoms with Crippen molar-refractivity contribution in [3.63, 3.8) is 0 Å². The number of rotatable bonds is 9. The van der Waals surface area contributed by atoms with Crippen molar-refractivity contribution in [3.8, 4) is 11.4 Å². The number of aromatic nitrogens is 3. The molecule has 0 aliphatic carbocycles.